The molecular formula is C14H14ClN3O. The van der Waals surface area contributed by atoms with Crippen LogP contribution >= 0.6 is 12.4 Å². The van der Waals surface area contributed by atoms with Crippen LogP contribution in [0.4, 0.5) is 5.69 Å². The Morgan fingerprint density at radius 1 is 1.16 bits per heavy atom. The summed E-state index contributed by atoms with van der Waals surface area (Å²) >= 11 is 0. The van der Waals surface area contributed by atoms with Crippen LogP contribution in [0.3, 0.4) is 0 Å². The van der Waals surface area contributed by atoms with E-state index in [0.717, 1.165) is 5.56 Å². The van der Waals surface area contributed by atoms with E-state index in [-0.39, 0.29) is 12.4 Å². The number of anilines is 1. The molecule has 2 aromatic rings. The molecule has 2 rings (SSSR count). The molecule has 0 radical (unpaired) electrons. The maximum absolute atomic E-state index is 9.00. The summed E-state index contributed by atoms with van der Waals surface area (Å²) in [6.07, 6.45) is 0. The highest BCUT2D eigenvalue weighted by atomic mass is 35.5. The van der Waals surface area contributed by atoms with Gasteiger partial charge in [0.05, 0.1) is 11.3 Å². The number of rotatable bonds is 4. The second-order valence-corrected chi connectivity index (χ2v) is 3.74. The molecule has 0 atom stereocenters. The van der Waals surface area contributed by atoms with E-state index in [2.05, 4.69) is 11.5 Å². The second-order valence-electron chi connectivity index (χ2n) is 3.74. The molecule has 0 aromatic heterocycles. The minimum Gasteiger partial charge on any atom is -0.487 e. The summed E-state index contributed by atoms with van der Waals surface area (Å²) in [5.41, 5.74) is 4.77. The van der Waals surface area contributed by atoms with E-state index in [1.165, 1.54) is 0 Å². The van der Waals surface area contributed by atoms with Crippen LogP contribution in [0.2, 0.25) is 0 Å². The Bertz CT molecular complexity index is 567. The first-order valence-electron chi connectivity index (χ1n) is 5.51. The van der Waals surface area contributed by atoms with Gasteiger partial charge in [0, 0.05) is 6.07 Å². The molecular weight excluding hydrogens is 262 g/mol. The first kappa shape index (κ1) is 14.8. The lowest BCUT2D eigenvalue weighted by Crippen LogP contribution is -2.07. The van der Waals surface area contributed by atoms with Crippen molar-refractivity contribution in [3.05, 3.63) is 59.7 Å². The summed E-state index contributed by atoms with van der Waals surface area (Å²) in [6, 6.07) is 17.0. The standard InChI is InChI=1S/C14H13N3O.ClH/c15-9-12-6-7-13(17-16)8-14(12)18-10-11-4-2-1-3-5-11;/h1-8,17H,10,16H2;1H. The van der Waals surface area contributed by atoms with Crippen molar-refractivity contribution in [2.75, 3.05) is 5.43 Å². The number of nitrogens with one attached hydrogen (secondary N) is 1. The van der Waals surface area contributed by atoms with Crippen molar-refractivity contribution in [2.45, 2.75) is 6.61 Å². The normalized spacial score (nSPS) is 9.05. The SMILES string of the molecule is Cl.N#Cc1ccc(NN)cc1OCc1ccccc1. The second kappa shape index (κ2) is 7.27. The highest BCUT2D eigenvalue weighted by molar-refractivity contribution is 5.85. The van der Waals surface area contributed by atoms with E-state index in [4.69, 9.17) is 15.8 Å². The maximum atomic E-state index is 9.00. The molecule has 0 saturated heterocycles. The number of hydrogen-bond acceptors (Lipinski definition) is 4. The highest BCUT2D eigenvalue weighted by Crippen LogP contribution is 2.23. The van der Waals surface area contributed by atoms with Crippen LogP contribution < -0.4 is 16.0 Å². The van der Waals surface area contributed by atoms with Gasteiger partial charge < -0.3 is 10.2 Å². The number of nitrogens with zero attached hydrogens (tertiary/aromatic N) is 1. The lowest BCUT2D eigenvalue weighted by Gasteiger charge is -2.09. The van der Waals surface area contributed by atoms with Gasteiger partial charge >= 0.3 is 0 Å². The van der Waals surface area contributed by atoms with Crippen molar-refractivity contribution in [2.24, 2.45) is 5.84 Å². The van der Waals surface area contributed by atoms with E-state index in [1.807, 2.05) is 30.3 Å². The molecule has 0 unspecified atom stereocenters. The fraction of sp³-hybridized carbons (Fsp3) is 0.0714. The Balaban J connectivity index is 0.00000180. The van der Waals surface area contributed by atoms with Crippen LogP contribution in [0.1, 0.15) is 11.1 Å². The van der Waals surface area contributed by atoms with Gasteiger partial charge in [0.25, 0.3) is 0 Å². The highest BCUT2D eigenvalue weighted by Gasteiger charge is 2.04. The number of halogens is 1. The van der Waals surface area contributed by atoms with E-state index in [9.17, 15) is 0 Å². The Kier molecular flexibility index (Phi) is 5.68. The number of hydrogen-bond donors (Lipinski definition) is 2. The largest absolute Gasteiger partial charge is 0.487 e. The molecule has 0 bridgehead atoms. The van der Waals surface area contributed by atoms with Crippen molar-refractivity contribution in [1.82, 2.24) is 0 Å². The molecule has 3 N–H and O–H groups in total. The molecule has 0 fully saturated rings. The maximum Gasteiger partial charge on any atom is 0.139 e. The van der Waals surface area contributed by atoms with Gasteiger partial charge in [0.1, 0.15) is 18.4 Å². The van der Waals surface area contributed by atoms with E-state index < -0.39 is 0 Å². The molecule has 2 aromatic carbocycles. The summed E-state index contributed by atoms with van der Waals surface area (Å²) in [6.45, 7) is 0.420. The third-order valence-corrected chi connectivity index (χ3v) is 2.51. The summed E-state index contributed by atoms with van der Waals surface area (Å²) in [7, 11) is 0. The van der Waals surface area contributed by atoms with E-state index in [0.29, 0.717) is 23.6 Å². The van der Waals surface area contributed by atoms with Gasteiger partial charge in [-0.2, -0.15) is 5.26 Å². The van der Waals surface area contributed by atoms with Crippen LogP contribution in [0.5, 0.6) is 5.75 Å². The first-order valence-corrected chi connectivity index (χ1v) is 5.51. The summed E-state index contributed by atoms with van der Waals surface area (Å²) in [4.78, 5) is 0. The van der Waals surface area contributed by atoms with Crippen LogP contribution in [0.15, 0.2) is 48.5 Å². The zero-order valence-electron chi connectivity index (χ0n) is 10.2. The van der Waals surface area contributed by atoms with Crippen LogP contribution in [0, 0.1) is 11.3 Å². The quantitative estimate of drug-likeness (QED) is 0.665. The first-order chi connectivity index (χ1) is 8.83. The number of nitrogen functional groups attached to an aromatic ring is 1. The Labute approximate surface area is 118 Å². The molecule has 5 heteroatoms. The van der Waals surface area contributed by atoms with Crippen molar-refractivity contribution in [3.8, 4) is 11.8 Å². The van der Waals surface area contributed by atoms with Crippen molar-refractivity contribution in [1.29, 1.82) is 5.26 Å². The molecule has 4 nitrogen and oxygen atoms in total. The van der Waals surface area contributed by atoms with Gasteiger partial charge in [0.2, 0.25) is 0 Å². The summed E-state index contributed by atoms with van der Waals surface area (Å²) < 4.78 is 5.64. The van der Waals surface area contributed by atoms with Crippen molar-refractivity contribution >= 4 is 18.1 Å². The zero-order chi connectivity index (χ0) is 12.8. The molecule has 0 heterocycles. The van der Waals surface area contributed by atoms with Gasteiger partial charge in [-0.15, -0.1) is 12.4 Å². The van der Waals surface area contributed by atoms with E-state index >= 15 is 0 Å². The Morgan fingerprint density at radius 3 is 2.53 bits per heavy atom. The Morgan fingerprint density at radius 2 is 1.89 bits per heavy atom. The van der Waals surface area contributed by atoms with Gasteiger partial charge in [-0.05, 0) is 17.7 Å². The zero-order valence-corrected chi connectivity index (χ0v) is 11.0. The van der Waals surface area contributed by atoms with Gasteiger partial charge in [-0.3, -0.25) is 5.84 Å². The van der Waals surface area contributed by atoms with Gasteiger partial charge in [0.15, 0.2) is 0 Å². The lowest BCUT2D eigenvalue weighted by atomic mass is 10.2. The molecule has 0 aliphatic carbocycles. The summed E-state index contributed by atoms with van der Waals surface area (Å²) in [5, 5.41) is 9.00. The van der Waals surface area contributed by atoms with Crippen molar-refractivity contribution in [3.63, 3.8) is 0 Å². The van der Waals surface area contributed by atoms with Gasteiger partial charge in [-0.25, -0.2) is 0 Å². The smallest absolute Gasteiger partial charge is 0.139 e. The number of benzene rings is 2. The molecule has 0 aliphatic heterocycles. The lowest BCUT2D eigenvalue weighted by molar-refractivity contribution is 0.305. The van der Waals surface area contributed by atoms with Crippen LogP contribution in [0.25, 0.3) is 0 Å². The molecule has 0 amide bonds. The molecule has 0 spiro atoms. The average Bonchev–Trinajstić information content (AvgIpc) is 2.45. The number of ether oxygens (including phenoxy) is 1. The minimum atomic E-state index is 0. The van der Waals surface area contributed by atoms with Gasteiger partial charge in [-0.1, -0.05) is 30.3 Å². The molecule has 98 valence electrons. The van der Waals surface area contributed by atoms with Crippen LogP contribution in [-0.2, 0) is 6.61 Å². The molecule has 0 aliphatic rings. The monoisotopic (exact) mass is 275 g/mol. The fourth-order valence-corrected chi connectivity index (χ4v) is 1.56. The Hall–Kier alpha value is -2.22. The summed E-state index contributed by atoms with van der Waals surface area (Å²) in [5.74, 6) is 5.85. The third kappa shape index (κ3) is 3.88. The minimum absolute atomic E-state index is 0. The number of nitrogens with two attached hydrogens (primary N) is 1. The molecule has 0 saturated carbocycles. The topological polar surface area (TPSA) is 71.1 Å². The fourth-order valence-electron chi connectivity index (χ4n) is 1.56. The third-order valence-electron chi connectivity index (χ3n) is 2.51. The predicted molar refractivity (Wildman–Crippen MR) is 77.0 cm³/mol. The average molecular weight is 276 g/mol. The van der Waals surface area contributed by atoms with Crippen LogP contribution in [-0.4, -0.2) is 0 Å². The van der Waals surface area contributed by atoms with E-state index in [1.54, 1.807) is 18.2 Å². The number of nitriles is 1. The number of hydrazine groups is 1. The molecule has 19 heavy (non-hydrogen) atoms. The predicted octanol–water partition coefficient (Wildman–Crippen LogP) is 2.84. The van der Waals surface area contributed by atoms with Crippen molar-refractivity contribution < 1.29 is 4.74 Å².